The fourth-order valence-corrected chi connectivity index (χ4v) is 2.62. The summed E-state index contributed by atoms with van der Waals surface area (Å²) in [6.07, 6.45) is 0.658. The molecule has 2 aromatic rings. The van der Waals surface area contributed by atoms with Crippen molar-refractivity contribution >= 4 is 17.5 Å². The van der Waals surface area contributed by atoms with Gasteiger partial charge in [-0.1, -0.05) is 42.5 Å². The molecule has 0 heterocycles. The molecule has 2 rings (SSSR count). The van der Waals surface area contributed by atoms with E-state index >= 15 is 0 Å². The molecule has 0 saturated carbocycles. The van der Waals surface area contributed by atoms with Gasteiger partial charge in [-0.25, -0.2) is 0 Å². The van der Waals surface area contributed by atoms with E-state index in [0.717, 1.165) is 16.8 Å². The van der Waals surface area contributed by atoms with Crippen LogP contribution in [0.5, 0.6) is 0 Å². The molecule has 2 amide bonds. The zero-order valence-electron chi connectivity index (χ0n) is 15.0. The molecule has 0 spiro atoms. The number of carbonyl (C=O) groups excluding carboxylic acids is 2. The SMILES string of the molecule is CC(=O)Nc1cccc(CNC(=O)C(Cc2ccccc2)N(C)C)c1. The molecular formula is C20H25N3O2. The summed E-state index contributed by atoms with van der Waals surface area (Å²) in [6, 6.07) is 17.2. The Kier molecular flexibility index (Phi) is 6.71. The van der Waals surface area contributed by atoms with Gasteiger partial charge in [-0.05, 0) is 43.8 Å². The first kappa shape index (κ1) is 18.7. The van der Waals surface area contributed by atoms with Crippen LogP contribution in [0.1, 0.15) is 18.1 Å². The van der Waals surface area contributed by atoms with Gasteiger partial charge in [-0.15, -0.1) is 0 Å². The Morgan fingerprint density at radius 1 is 1.00 bits per heavy atom. The normalized spacial score (nSPS) is 11.8. The van der Waals surface area contributed by atoms with Crippen molar-refractivity contribution in [3.05, 3.63) is 65.7 Å². The number of hydrogen-bond acceptors (Lipinski definition) is 3. The second-order valence-electron chi connectivity index (χ2n) is 6.27. The number of amides is 2. The van der Waals surface area contributed by atoms with Crippen LogP contribution in [0.25, 0.3) is 0 Å². The Bertz CT molecular complexity index is 714. The fourth-order valence-electron chi connectivity index (χ4n) is 2.62. The smallest absolute Gasteiger partial charge is 0.237 e. The molecule has 0 radical (unpaired) electrons. The lowest BCUT2D eigenvalue weighted by Crippen LogP contribution is -2.44. The van der Waals surface area contributed by atoms with Crippen LogP contribution in [-0.4, -0.2) is 36.9 Å². The van der Waals surface area contributed by atoms with E-state index in [1.54, 1.807) is 0 Å². The van der Waals surface area contributed by atoms with Gasteiger partial charge in [0.25, 0.3) is 0 Å². The molecule has 2 aromatic carbocycles. The maximum atomic E-state index is 12.6. The van der Waals surface area contributed by atoms with Crippen molar-refractivity contribution in [3.8, 4) is 0 Å². The Morgan fingerprint density at radius 3 is 2.32 bits per heavy atom. The van der Waals surface area contributed by atoms with Crippen LogP contribution in [0, 0.1) is 0 Å². The molecule has 132 valence electrons. The Labute approximate surface area is 149 Å². The molecule has 0 saturated heterocycles. The van der Waals surface area contributed by atoms with Crippen molar-refractivity contribution in [1.82, 2.24) is 10.2 Å². The number of rotatable bonds is 7. The molecule has 0 aliphatic carbocycles. The van der Waals surface area contributed by atoms with Crippen molar-refractivity contribution in [1.29, 1.82) is 0 Å². The maximum absolute atomic E-state index is 12.6. The summed E-state index contributed by atoms with van der Waals surface area (Å²) < 4.78 is 0. The third kappa shape index (κ3) is 6.04. The maximum Gasteiger partial charge on any atom is 0.237 e. The minimum atomic E-state index is -0.235. The van der Waals surface area contributed by atoms with Crippen LogP contribution in [0.15, 0.2) is 54.6 Å². The van der Waals surface area contributed by atoms with Crippen LogP contribution in [-0.2, 0) is 22.6 Å². The lowest BCUT2D eigenvalue weighted by molar-refractivity contribution is -0.125. The largest absolute Gasteiger partial charge is 0.351 e. The molecule has 0 bridgehead atoms. The molecule has 2 N–H and O–H groups in total. The second-order valence-corrected chi connectivity index (χ2v) is 6.27. The highest BCUT2D eigenvalue weighted by molar-refractivity contribution is 5.88. The zero-order valence-corrected chi connectivity index (χ0v) is 15.0. The highest BCUT2D eigenvalue weighted by Crippen LogP contribution is 2.11. The van der Waals surface area contributed by atoms with E-state index in [1.807, 2.05) is 73.6 Å². The van der Waals surface area contributed by atoms with Crippen LogP contribution < -0.4 is 10.6 Å². The van der Waals surface area contributed by atoms with Gasteiger partial charge in [0.1, 0.15) is 0 Å². The third-order valence-corrected chi connectivity index (χ3v) is 3.91. The topological polar surface area (TPSA) is 61.4 Å². The first-order chi connectivity index (χ1) is 12.0. The number of carbonyl (C=O) groups is 2. The molecule has 25 heavy (non-hydrogen) atoms. The monoisotopic (exact) mass is 339 g/mol. The highest BCUT2D eigenvalue weighted by Gasteiger charge is 2.20. The summed E-state index contributed by atoms with van der Waals surface area (Å²) in [7, 11) is 3.81. The summed E-state index contributed by atoms with van der Waals surface area (Å²) in [5.41, 5.74) is 2.80. The van der Waals surface area contributed by atoms with Gasteiger partial charge in [0, 0.05) is 19.2 Å². The van der Waals surface area contributed by atoms with E-state index in [1.165, 1.54) is 6.92 Å². The Morgan fingerprint density at radius 2 is 1.68 bits per heavy atom. The lowest BCUT2D eigenvalue weighted by atomic mass is 10.0. The number of anilines is 1. The van der Waals surface area contributed by atoms with E-state index in [4.69, 9.17) is 0 Å². The van der Waals surface area contributed by atoms with Gasteiger partial charge >= 0.3 is 0 Å². The van der Waals surface area contributed by atoms with Crippen molar-refractivity contribution in [2.75, 3.05) is 19.4 Å². The van der Waals surface area contributed by atoms with Gasteiger partial charge < -0.3 is 10.6 Å². The quantitative estimate of drug-likeness (QED) is 0.814. The van der Waals surface area contributed by atoms with Crippen molar-refractivity contribution in [3.63, 3.8) is 0 Å². The number of nitrogens with zero attached hydrogens (tertiary/aromatic N) is 1. The molecule has 1 atom stereocenters. The standard InChI is InChI=1S/C20H25N3O2/c1-15(24)22-18-11-7-10-17(12-18)14-21-20(25)19(23(2)3)13-16-8-5-4-6-9-16/h4-12,19H,13-14H2,1-3H3,(H,21,25)(H,22,24). The van der Waals surface area contributed by atoms with Crippen LogP contribution in [0.3, 0.4) is 0 Å². The predicted octanol–water partition coefficient (Wildman–Crippen LogP) is 2.43. The van der Waals surface area contributed by atoms with Crippen molar-refractivity contribution < 1.29 is 9.59 Å². The number of nitrogens with one attached hydrogen (secondary N) is 2. The Balaban J connectivity index is 1.98. The minimum Gasteiger partial charge on any atom is -0.351 e. The lowest BCUT2D eigenvalue weighted by Gasteiger charge is -2.23. The summed E-state index contributed by atoms with van der Waals surface area (Å²) in [5, 5.41) is 5.73. The van der Waals surface area contributed by atoms with Crippen molar-refractivity contribution in [2.24, 2.45) is 0 Å². The highest BCUT2D eigenvalue weighted by atomic mass is 16.2. The summed E-state index contributed by atoms with van der Waals surface area (Å²) in [5.74, 6) is -0.129. The molecule has 0 aromatic heterocycles. The molecule has 0 aliphatic heterocycles. The van der Waals surface area contributed by atoms with Gasteiger partial charge in [0.15, 0.2) is 0 Å². The molecule has 0 aliphatic rings. The average molecular weight is 339 g/mol. The number of benzene rings is 2. The zero-order chi connectivity index (χ0) is 18.2. The number of hydrogen-bond donors (Lipinski definition) is 2. The third-order valence-electron chi connectivity index (χ3n) is 3.91. The van der Waals surface area contributed by atoms with E-state index in [-0.39, 0.29) is 17.9 Å². The molecule has 5 nitrogen and oxygen atoms in total. The first-order valence-corrected chi connectivity index (χ1v) is 8.30. The van der Waals surface area contributed by atoms with Crippen LogP contribution >= 0.6 is 0 Å². The van der Waals surface area contributed by atoms with Crippen LogP contribution in [0.2, 0.25) is 0 Å². The van der Waals surface area contributed by atoms with Gasteiger partial charge in [-0.3, -0.25) is 14.5 Å². The van der Waals surface area contributed by atoms with Gasteiger partial charge in [0.05, 0.1) is 6.04 Å². The fraction of sp³-hybridized carbons (Fsp3) is 0.300. The molecule has 5 heteroatoms. The van der Waals surface area contributed by atoms with Crippen LogP contribution in [0.4, 0.5) is 5.69 Å². The van der Waals surface area contributed by atoms with E-state index in [0.29, 0.717) is 13.0 Å². The Hall–Kier alpha value is -2.66. The number of likely N-dealkylation sites (N-methyl/N-ethyl adjacent to an activating group) is 1. The molecule has 1 unspecified atom stereocenters. The first-order valence-electron chi connectivity index (χ1n) is 8.30. The second kappa shape index (κ2) is 8.99. The molecule has 0 fully saturated rings. The van der Waals surface area contributed by atoms with Gasteiger partial charge in [-0.2, -0.15) is 0 Å². The van der Waals surface area contributed by atoms with Crippen molar-refractivity contribution in [2.45, 2.75) is 25.9 Å². The van der Waals surface area contributed by atoms with E-state index < -0.39 is 0 Å². The average Bonchev–Trinajstić information content (AvgIpc) is 2.58. The molecular weight excluding hydrogens is 314 g/mol. The van der Waals surface area contributed by atoms with E-state index in [2.05, 4.69) is 10.6 Å². The summed E-state index contributed by atoms with van der Waals surface area (Å²) in [4.78, 5) is 25.7. The minimum absolute atomic E-state index is 0.0150. The summed E-state index contributed by atoms with van der Waals surface area (Å²) in [6.45, 7) is 1.89. The predicted molar refractivity (Wildman–Crippen MR) is 100 cm³/mol. The van der Waals surface area contributed by atoms with E-state index in [9.17, 15) is 9.59 Å². The summed E-state index contributed by atoms with van der Waals surface area (Å²) >= 11 is 0. The van der Waals surface area contributed by atoms with Gasteiger partial charge in [0.2, 0.25) is 11.8 Å².